The van der Waals surface area contributed by atoms with Gasteiger partial charge in [0, 0.05) is 23.6 Å². The molecule has 0 unspecified atom stereocenters. The standard InChI is InChI=1S/C19H21N5S/c25-19-23(15-22-13-5-2-6-14-22)21-18(16-9-11-20-12-10-16)24(19)17-7-3-1-4-8-17/h1,3-4,7-12H,2,5-6,13-15H2. The number of pyridine rings is 1. The Hall–Kier alpha value is -2.31. The van der Waals surface area contributed by atoms with Crippen LogP contribution in [0.5, 0.6) is 0 Å². The van der Waals surface area contributed by atoms with Crippen LogP contribution in [-0.2, 0) is 6.67 Å². The third-order valence-corrected chi connectivity index (χ3v) is 4.97. The molecule has 0 aliphatic carbocycles. The van der Waals surface area contributed by atoms with Crippen LogP contribution in [0.4, 0.5) is 0 Å². The lowest BCUT2D eigenvalue weighted by molar-refractivity contribution is 0.172. The van der Waals surface area contributed by atoms with E-state index < -0.39 is 0 Å². The maximum absolute atomic E-state index is 5.78. The van der Waals surface area contributed by atoms with Gasteiger partial charge in [-0.25, -0.2) is 4.68 Å². The Kier molecular flexibility index (Phi) is 4.72. The van der Waals surface area contributed by atoms with Gasteiger partial charge in [-0.3, -0.25) is 14.5 Å². The highest BCUT2D eigenvalue weighted by Gasteiger charge is 2.17. The molecule has 3 aromatic rings. The van der Waals surface area contributed by atoms with Crippen molar-refractivity contribution in [2.45, 2.75) is 25.9 Å². The van der Waals surface area contributed by atoms with Crippen LogP contribution in [0.3, 0.4) is 0 Å². The molecule has 1 aromatic carbocycles. The van der Waals surface area contributed by atoms with Gasteiger partial charge >= 0.3 is 0 Å². The van der Waals surface area contributed by atoms with Crippen LogP contribution in [0.25, 0.3) is 17.1 Å². The largest absolute Gasteiger partial charge is 0.284 e. The number of hydrogen-bond acceptors (Lipinski definition) is 4. The van der Waals surface area contributed by atoms with Crippen LogP contribution in [0, 0.1) is 4.77 Å². The van der Waals surface area contributed by atoms with Gasteiger partial charge in [0.25, 0.3) is 0 Å². The number of likely N-dealkylation sites (tertiary alicyclic amines) is 1. The minimum Gasteiger partial charge on any atom is -0.284 e. The average Bonchev–Trinajstić information content (AvgIpc) is 3.00. The Morgan fingerprint density at radius 1 is 0.920 bits per heavy atom. The first-order valence-corrected chi connectivity index (χ1v) is 9.12. The summed E-state index contributed by atoms with van der Waals surface area (Å²) < 4.78 is 4.72. The molecule has 3 heterocycles. The van der Waals surface area contributed by atoms with E-state index in [1.54, 1.807) is 12.4 Å². The van der Waals surface area contributed by atoms with Crippen molar-refractivity contribution in [2.24, 2.45) is 0 Å². The van der Waals surface area contributed by atoms with E-state index in [0.29, 0.717) is 0 Å². The fraction of sp³-hybridized carbons (Fsp3) is 0.316. The molecule has 0 spiro atoms. The number of hydrogen-bond donors (Lipinski definition) is 0. The maximum Gasteiger partial charge on any atom is 0.204 e. The van der Waals surface area contributed by atoms with E-state index in [2.05, 4.69) is 26.6 Å². The zero-order valence-electron chi connectivity index (χ0n) is 14.1. The van der Waals surface area contributed by atoms with E-state index >= 15 is 0 Å². The van der Waals surface area contributed by atoms with Crippen LogP contribution < -0.4 is 0 Å². The zero-order valence-corrected chi connectivity index (χ0v) is 14.9. The van der Waals surface area contributed by atoms with Gasteiger partial charge in [0.2, 0.25) is 4.77 Å². The van der Waals surface area contributed by atoms with Crippen LogP contribution >= 0.6 is 12.2 Å². The van der Waals surface area contributed by atoms with E-state index in [9.17, 15) is 0 Å². The molecule has 5 nitrogen and oxygen atoms in total. The minimum absolute atomic E-state index is 0.726. The van der Waals surface area contributed by atoms with Crippen molar-refractivity contribution >= 4 is 12.2 Å². The van der Waals surface area contributed by atoms with Crippen LogP contribution in [0.1, 0.15) is 19.3 Å². The number of aromatic nitrogens is 4. The molecule has 0 saturated carbocycles. The summed E-state index contributed by atoms with van der Waals surface area (Å²) in [5.41, 5.74) is 2.05. The number of benzene rings is 1. The SMILES string of the molecule is S=c1n(CN2CCCCC2)nc(-c2ccncc2)n1-c1ccccc1. The Labute approximate surface area is 152 Å². The summed E-state index contributed by atoms with van der Waals surface area (Å²) in [6.45, 7) is 2.98. The van der Waals surface area contributed by atoms with Gasteiger partial charge in [-0.15, -0.1) is 5.10 Å². The predicted octanol–water partition coefficient (Wildman–Crippen LogP) is 3.91. The Bertz CT molecular complexity index is 879. The summed E-state index contributed by atoms with van der Waals surface area (Å²) in [5.74, 6) is 0.857. The summed E-state index contributed by atoms with van der Waals surface area (Å²) in [6, 6.07) is 14.1. The second-order valence-electron chi connectivity index (χ2n) is 6.33. The third-order valence-electron chi connectivity index (χ3n) is 4.57. The first-order chi connectivity index (χ1) is 12.3. The number of para-hydroxylation sites is 1. The summed E-state index contributed by atoms with van der Waals surface area (Å²) in [4.78, 5) is 6.55. The van der Waals surface area contributed by atoms with Gasteiger partial charge in [0.1, 0.15) is 0 Å². The molecular weight excluding hydrogens is 330 g/mol. The number of nitrogens with zero attached hydrogens (tertiary/aromatic N) is 5. The summed E-state index contributed by atoms with van der Waals surface area (Å²) in [7, 11) is 0. The molecule has 1 fully saturated rings. The molecule has 6 heteroatoms. The molecule has 1 aliphatic rings. The predicted molar refractivity (Wildman–Crippen MR) is 101 cm³/mol. The maximum atomic E-state index is 5.78. The minimum atomic E-state index is 0.726. The van der Waals surface area contributed by atoms with E-state index in [-0.39, 0.29) is 0 Å². The van der Waals surface area contributed by atoms with Gasteiger partial charge in [0.15, 0.2) is 5.82 Å². The van der Waals surface area contributed by atoms with Gasteiger partial charge in [-0.2, -0.15) is 0 Å². The Balaban J connectivity index is 1.79. The highest BCUT2D eigenvalue weighted by atomic mass is 32.1. The van der Waals surface area contributed by atoms with Crippen molar-refractivity contribution in [1.29, 1.82) is 0 Å². The molecule has 128 valence electrons. The first-order valence-electron chi connectivity index (χ1n) is 8.71. The molecule has 0 atom stereocenters. The monoisotopic (exact) mass is 351 g/mol. The second kappa shape index (κ2) is 7.29. The normalized spacial score (nSPS) is 15.4. The van der Waals surface area contributed by atoms with E-state index in [1.807, 2.05) is 35.0 Å². The van der Waals surface area contributed by atoms with E-state index in [1.165, 1.54) is 19.3 Å². The fourth-order valence-electron chi connectivity index (χ4n) is 3.29. The van der Waals surface area contributed by atoms with Crippen molar-refractivity contribution in [1.82, 2.24) is 24.2 Å². The lowest BCUT2D eigenvalue weighted by atomic mass is 10.1. The van der Waals surface area contributed by atoms with E-state index in [0.717, 1.165) is 41.6 Å². The number of piperidine rings is 1. The van der Waals surface area contributed by atoms with Crippen molar-refractivity contribution in [3.8, 4) is 17.1 Å². The molecule has 25 heavy (non-hydrogen) atoms. The van der Waals surface area contributed by atoms with Crippen LogP contribution in [0.2, 0.25) is 0 Å². The van der Waals surface area contributed by atoms with Crippen molar-refractivity contribution in [3.63, 3.8) is 0 Å². The molecule has 1 saturated heterocycles. The summed E-state index contributed by atoms with van der Waals surface area (Å²) in [5, 5.41) is 4.86. The van der Waals surface area contributed by atoms with Gasteiger partial charge < -0.3 is 0 Å². The lowest BCUT2D eigenvalue weighted by Gasteiger charge is -2.25. The second-order valence-corrected chi connectivity index (χ2v) is 6.70. The van der Waals surface area contributed by atoms with Crippen molar-refractivity contribution in [3.05, 3.63) is 59.6 Å². The van der Waals surface area contributed by atoms with Crippen LogP contribution in [-0.4, -0.2) is 37.3 Å². The highest BCUT2D eigenvalue weighted by Crippen LogP contribution is 2.22. The number of rotatable bonds is 4. The molecule has 0 amide bonds. The Morgan fingerprint density at radius 2 is 1.64 bits per heavy atom. The quantitative estimate of drug-likeness (QED) is 0.668. The first kappa shape index (κ1) is 16.2. The fourth-order valence-corrected chi connectivity index (χ4v) is 3.58. The van der Waals surface area contributed by atoms with Gasteiger partial charge in [-0.05, 0) is 62.4 Å². The molecule has 2 aromatic heterocycles. The summed E-state index contributed by atoms with van der Waals surface area (Å²) in [6.07, 6.45) is 7.41. The summed E-state index contributed by atoms with van der Waals surface area (Å²) >= 11 is 5.78. The molecule has 0 N–H and O–H groups in total. The van der Waals surface area contributed by atoms with Gasteiger partial charge in [-0.1, -0.05) is 24.6 Å². The van der Waals surface area contributed by atoms with Gasteiger partial charge in [0.05, 0.1) is 6.67 Å². The molecule has 0 radical (unpaired) electrons. The highest BCUT2D eigenvalue weighted by molar-refractivity contribution is 7.71. The van der Waals surface area contributed by atoms with Crippen molar-refractivity contribution in [2.75, 3.05) is 13.1 Å². The molecule has 0 bridgehead atoms. The van der Waals surface area contributed by atoms with E-state index in [4.69, 9.17) is 17.3 Å². The van der Waals surface area contributed by atoms with Crippen LogP contribution in [0.15, 0.2) is 54.9 Å². The van der Waals surface area contributed by atoms with Crippen molar-refractivity contribution < 1.29 is 0 Å². The zero-order chi connectivity index (χ0) is 17.1. The smallest absolute Gasteiger partial charge is 0.204 e. The molecule has 4 rings (SSSR count). The molecular formula is C19H21N5S. The molecule has 1 aliphatic heterocycles. The Morgan fingerprint density at radius 3 is 2.36 bits per heavy atom. The average molecular weight is 351 g/mol. The lowest BCUT2D eigenvalue weighted by Crippen LogP contribution is -2.32. The topological polar surface area (TPSA) is 38.9 Å². The third kappa shape index (κ3) is 3.41.